The number of aromatic carboxylic acids is 1. The molecule has 0 saturated carbocycles. The van der Waals surface area contributed by atoms with E-state index in [1.165, 1.54) is 0 Å². The van der Waals surface area contributed by atoms with Gasteiger partial charge in [-0.25, -0.2) is 4.79 Å². The molecule has 0 unspecified atom stereocenters. The van der Waals surface area contributed by atoms with E-state index in [0.29, 0.717) is 12.1 Å². The highest BCUT2D eigenvalue weighted by Crippen LogP contribution is 2.18. The third-order valence-corrected chi connectivity index (χ3v) is 3.59. The van der Waals surface area contributed by atoms with Crippen molar-refractivity contribution < 1.29 is 14.3 Å². The summed E-state index contributed by atoms with van der Waals surface area (Å²) in [7, 11) is 0. The van der Waals surface area contributed by atoms with E-state index in [2.05, 4.69) is 4.90 Å². The summed E-state index contributed by atoms with van der Waals surface area (Å²) in [5, 5.41) is 8.87. The van der Waals surface area contributed by atoms with Gasteiger partial charge in [-0.1, -0.05) is 0 Å². The van der Waals surface area contributed by atoms with E-state index in [1.807, 2.05) is 17.8 Å². The van der Waals surface area contributed by atoms with E-state index in [-0.39, 0.29) is 5.76 Å². The van der Waals surface area contributed by atoms with Crippen LogP contribution in [0.25, 0.3) is 0 Å². The third-order valence-electron chi connectivity index (χ3n) is 2.65. The zero-order valence-corrected chi connectivity index (χ0v) is 10.0. The van der Waals surface area contributed by atoms with Crippen LogP contribution in [0.5, 0.6) is 0 Å². The molecule has 0 amide bonds. The summed E-state index contributed by atoms with van der Waals surface area (Å²) in [4.78, 5) is 13.1. The molecule has 1 fully saturated rings. The van der Waals surface area contributed by atoms with E-state index in [1.54, 1.807) is 6.92 Å². The first-order valence-corrected chi connectivity index (χ1v) is 6.45. The van der Waals surface area contributed by atoms with Crippen molar-refractivity contribution in [3.8, 4) is 0 Å². The summed E-state index contributed by atoms with van der Waals surface area (Å²) in [5.74, 6) is 2.12. The zero-order valence-electron chi connectivity index (χ0n) is 9.23. The number of nitrogens with zero attached hydrogens (tertiary/aromatic N) is 1. The Kier molecular flexibility index (Phi) is 3.56. The maximum Gasteiger partial charge on any atom is 0.372 e. The Morgan fingerprint density at radius 1 is 1.56 bits per heavy atom. The van der Waals surface area contributed by atoms with Crippen LogP contribution in [0.4, 0.5) is 0 Å². The van der Waals surface area contributed by atoms with Gasteiger partial charge in [0.2, 0.25) is 5.76 Å². The standard InChI is InChI=1S/C11H15NO3S/c1-8-6-9(15-10(8)11(13)14)7-12-2-4-16-5-3-12/h6H,2-5,7H2,1H3,(H,13,14). The predicted octanol–water partition coefficient (Wildman–Crippen LogP) is 1.84. The fourth-order valence-corrected chi connectivity index (χ4v) is 2.80. The first-order valence-electron chi connectivity index (χ1n) is 5.29. The maximum atomic E-state index is 10.8. The molecule has 5 heteroatoms. The minimum atomic E-state index is -0.988. The lowest BCUT2D eigenvalue weighted by Crippen LogP contribution is -2.31. The molecular formula is C11H15NO3S. The molecule has 0 spiro atoms. The zero-order chi connectivity index (χ0) is 11.5. The number of hydrogen-bond acceptors (Lipinski definition) is 4. The Balaban J connectivity index is 2.03. The normalized spacial score (nSPS) is 17.6. The Bertz CT molecular complexity index is 383. The Morgan fingerprint density at radius 3 is 2.81 bits per heavy atom. The van der Waals surface area contributed by atoms with Gasteiger partial charge >= 0.3 is 5.97 Å². The summed E-state index contributed by atoms with van der Waals surface area (Å²) in [6.07, 6.45) is 0. The van der Waals surface area contributed by atoms with Gasteiger partial charge in [-0.15, -0.1) is 0 Å². The summed E-state index contributed by atoms with van der Waals surface area (Å²) in [5.41, 5.74) is 0.703. The molecular weight excluding hydrogens is 226 g/mol. The Morgan fingerprint density at radius 2 is 2.25 bits per heavy atom. The summed E-state index contributed by atoms with van der Waals surface area (Å²) >= 11 is 1.96. The molecule has 0 aliphatic carbocycles. The second kappa shape index (κ2) is 4.93. The Labute approximate surface area is 98.6 Å². The molecule has 16 heavy (non-hydrogen) atoms. The van der Waals surface area contributed by atoms with E-state index in [9.17, 15) is 4.79 Å². The number of carboxylic acid groups (broad SMARTS) is 1. The number of carbonyl (C=O) groups is 1. The fourth-order valence-electron chi connectivity index (χ4n) is 1.82. The molecule has 1 aliphatic heterocycles. The van der Waals surface area contributed by atoms with Gasteiger partial charge in [0, 0.05) is 30.2 Å². The SMILES string of the molecule is Cc1cc(CN2CCSCC2)oc1C(=O)O. The van der Waals surface area contributed by atoms with Crippen LogP contribution in [0, 0.1) is 6.92 Å². The molecule has 0 atom stereocenters. The molecule has 2 heterocycles. The summed E-state index contributed by atoms with van der Waals surface area (Å²) in [6.45, 7) is 4.58. The minimum absolute atomic E-state index is 0.0707. The second-order valence-corrected chi connectivity index (χ2v) is 5.14. The molecule has 0 radical (unpaired) electrons. The van der Waals surface area contributed by atoms with E-state index >= 15 is 0 Å². The number of aryl methyl sites for hydroxylation is 1. The van der Waals surface area contributed by atoms with Gasteiger partial charge < -0.3 is 9.52 Å². The van der Waals surface area contributed by atoms with E-state index in [0.717, 1.165) is 30.4 Å². The van der Waals surface area contributed by atoms with Crippen molar-refractivity contribution in [1.82, 2.24) is 4.90 Å². The van der Waals surface area contributed by atoms with Crippen molar-refractivity contribution in [2.75, 3.05) is 24.6 Å². The fraction of sp³-hybridized carbons (Fsp3) is 0.545. The van der Waals surface area contributed by atoms with Gasteiger partial charge in [-0.2, -0.15) is 11.8 Å². The van der Waals surface area contributed by atoms with Crippen molar-refractivity contribution in [3.63, 3.8) is 0 Å². The molecule has 4 nitrogen and oxygen atoms in total. The smallest absolute Gasteiger partial charge is 0.372 e. The summed E-state index contributed by atoms with van der Waals surface area (Å²) in [6, 6.07) is 1.82. The van der Waals surface area contributed by atoms with Crippen LogP contribution in [0.1, 0.15) is 21.9 Å². The van der Waals surface area contributed by atoms with Gasteiger partial charge in [-0.05, 0) is 13.0 Å². The second-order valence-electron chi connectivity index (χ2n) is 3.92. The molecule has 0 aromatic carbocycles. The van der Waals surface area contributed by atoms with Crippen molar-refractivity contribution in [2.45, 2.75) is 13.5 Å². The van der Waals surface area contributed by atoms with Crippen LogP contribution in [0.2, 0.25) is 0 Å². The van der Waals surface area contributed by atoms with Crippen molar-refractivity contribution in [3.05, 3.63) is 23.2 Å². The van der Waals surface area contributed by atoms with Crippen LogP contribution in [-0.4, -0.2) is 40.6 Å². The van der Waals surface area contributed by atoms with Crippen LogP contribution >= 0.6 is 11.8 Å². The molecule has 1 N–H and O–H groups in total. The lowest BCUT2D eigenvalue weighted by atomic mass is 10.2. The van der Waals surface area contributed by atoms with E-state index in [4.69, 9.17) is 9.52 Å². The van der Waals surface area contributed by atoms with Gasteiger partial charge in [0.1, 0.15) is 5.76 Å². The monoisotopic (exact) mass is 241 g/mol. The maximum absolute atomic E-state index is 10.8. The molecule has 1 aromatic rings. The van der Waals surface area contributed by atoms with Gasteiger partial charge in [0.15, 0.2) is 0 Å². The molecule has 0 bridgehead atoms. The van der Waals surface area contributed by atoms with Crippen LogP contribution in [0.15, 0.2) is 10.5 Å². The highest BCUT2D eigenvalue weighted by Gasteiger charge is 2.17. The predicted molar refractivity (Wildman–Crippen MR) is 63.0 cm³/mol. The number of thioether (sulfide) groups is 1. The Hall–Kier alpha value is -0.940. The number of rotatable bonds is 3. The van der Waals surface area contributed by atoms with Crippen LogP contribution in [0.3, 0.4) is 0 Å². The van der Waals surface area contributed by atoms with Crippen molar-refractivity contribution >= 4 is 17.7 Å². The summed E-state index contributed by atoms with van der Waals surface area (Å²) < 4.78 is 5.33. The average molecular weight is 241 g/mol. The van der Waals surface area contributed by atoms with Gasteiger partial charge in [-0.3, -0.25) is 4.90 Å². The first kappa shape index (κ1) is 11.5. The van der Waals surface area contributed by atoms with Gasteiger partial charge in [0.25, 0.3) is 0 Å². The van der Waals surface area contributed by atoms with Crippen molar-refractivity contribution in [1.29, 1.82) is 0 Å². The molecule has 1 aromatic heterocycles. The molecule has 1 saturated heterocycles. The number of hydrogen-bond donors (Lipinski definition) is 1. The number of furan rings is 1. The van der Waals surface area contributed by atoms with E-state index < -0.39 is 5.97 Å². The minimum Gasteiger partial charge on any atom is -0.475 e. The first-order chi connectivity index (χ1) is 7.66. The largest absolute Gasteiger partial charge is 0.475 e. The van der Waals surface area contributed by atoms with Gasteiger partial charge in [0.05, 0.1) is 6.54 Å². The number of carboxylic acids is 1. The highest BCUT2D eigenvalue weighted by molar-refractivity contribution is 7.99. The molecule has 88 valence electrons. The quantitative estimate of drug-likeness (QED) is 0.875. The van der Waals surface area contributed by atoms with Crippen molar-refractivity contribution in [2.24, 2.45) is 0 Å². The average Bonchev–Trinajstić information content (AvgIpc) is 2.61. The van der Waals surface area contributed by atoms with Crippen LogP contribution < -0.4 is 0 Å². The third kappa shape index (κ3) is 2.59. The lowest BCUT2D eigenvalue weighted by Gasteiger charge is -2.24. The topological polar surface area (TPSA) is 53.7 Å². The highest BCUT2D eigenvalue weighted by atomic mass is 32.2. The lowest BCUT2D eigenvalue weighted by molar-refractivity contribution is 0.0657. The van der Waals surface area contributed by atoms with Crippen LogP contribution in [-0.2, 0) is 6.54 Å². The molecule has 1 aliphatic rings. The molecule has 2 rings (SSSR count).